The fraction of sp³-hybridized carbons (Fsp3) is 0.424. The van der Waals surface area contributed by atoms with Crippen molar-refractivity contribution in [3.63, 3.8) is 0 Å². The molecule has 4 rings (SSSR count). The average molecular weight is 622 g/mol. The Hall–Kier alpha value is -4.74. The highest BCUT2D eigenvalue weighted by Gasteiger charge is 2.22. The van der Waals surface area contributed by atoms with Crippen molar-refractivity contribution in [1.29, 1.82) is 0 Å². The van der Waals surface area contributed by atoms with Gasteiger partial charge in [0.15, 0.2) is 18.1 Å². The predicted molar refractivity (Wildman–Crippen MR) is 167 cm³/mol. The first-order chi connectivity index (χ1) is 21.7. The smallest absolute Gasteiger partial charge is 0.272 e. The van der Waals surface area contributed by atoms with Crippen LogP contribution in [0.3, 0.4) is 0 Å². The van der Waals surface area contributed by atoms with Crippen molar-refractivity contribution in [3.8, 4) is 11.5 Å². The van der Waals surface area contributed by atoms with Crippen molar-refractivity contribution >= 4 is 34.5 Å². The maximum absolute atomic E-state index is 14.4. The van der Waals surface area contributed by atoms with E-state index < -0.39 is 17.8 Å². The molecular formula is C33H40FN5O6. The van der Waals surface area contributed by atoms with E-state index in [1.165, 1.54) is 13.2 Å². The summed E-state index contributed by atoms with van der Waals surface area (Å²) in [6.45, 7) is 2.81. The van der Waals surface area contributed by atoms with Crippen LogP contribution in [-0.2, 0) is 20.8 Å². The number of amides is 4. The number of para-hydroxylation sites is 1. The summed E-state index contributed by atoms with van der Waals surface area (Å²) in [6, 6.07) is 12.4. The van der Waals surface area contributed by atoms with Crippen molar-refractivity contribution in [2.45, 2.75) is 45.1 Å². The number of likely N-dealkylation sites (N-methyl/N-ethyl adjacent to an activating group) is 1. The minimum absolute atomic E-state index is 0.132. The molecule has 240 valence electrons. The van der Waals surface area contributed by atoms with Gasteiger partial charge in [-0.05, 0) is 62.4 Å². The van der Waals surface area contributed by atoms with Gasteiger partial charge < -0.3 is 29.9 Å². The molecular weight excluding hydrogens is 581 g/mol. The Balaban J connectivity index is 1.48. The summed E-state index contributed by atoms with van der Waals surface area (Å²) in [6.07, 6.45) is 2.36. The van der Waals surface area contributed by atoms with E-state index >= 15 is 0 Å². The molecule has 1 aliphatic rings. The van der Waals surface area contributed by atoms with Gasteiger partial charge in [-0.1, -0.05) is 24.3 Å². The zero-order chi connectivity index (χ0) is 32.3. The van der Waals surface area contributed by atoms with Crippen molar-refractivity contribution in [2.24, 2.45) is 0 Å². The van der Waals surface area contributed by atoms with Crippen LogP contribution in [-0.4, -0.2) is 91.4 Å². The van der Waals surface area contributed by atoms with Crippen molar-refractivity contribution in [3.05, 3.63) is 65.6 Å². The number of halogens is 1. The van der Waals surface area contributed by atoms with Crippen LogP contribution >= 0.6 is 0 Å². The first-order valence-electron chi connectivity index (χ1n) is 15.1. The van der Waals surface area contributed by atoms with Crippen LogP contribution in [0.25, 0.3) is 10.9 Å². The Morgan fingerprint density at radius 3 is 2.58 bits per heavy atom. The molecule has 0 radical (unpaired) electrons. The lowest BCUT2D eigenvalue weighted by atomic mass is 10.1. The molecule has 2 heterocycles. The van der Waals surface area contributed by atoms with E-state index in [-0.39, 0.29) is 42.0 Å². The molecule has 4 amide bonds. The highest BCUT2D eigenvalue weighted by Crippen LogP contribution is 2.28. The molecule has 0 aliphatic carbocycles. The monoisotopic (exact) mass is 621 g/mol. The maximum atomic E-state index is 14.4. The number of aryl methyl sites for hydroxylation is 1. The lowest BCUT2D eigenvalue weighted by molar-refractivity contribution is -0.135. The highest BCUT2D eigenvalue weighted by atomic mass is 19.1. The standard InChI is InChI=1S/C33H40FN5O6/c1-22-32(42)38(2)17-4-5-18-39(33(43)26-13-12-24-8-6-9-25(34)31(24)37-26)19-7-16-35-29(40)15-11-23-10-14-27(44-3)28(20-23)45-21-30(41)36-22/h6,8-10,12-14,20,22H,4-5,7,11,15-19,21H2,1-3H3,(H,35,40)(H,36,41)/t22-/m0/s1. The normalized spacial score (nSPS) is 18.2. The van der Waals surface area contributed by atoms with Crippen LogP contribution in [0.5, 0.6) is 11.5 Å². The summed E-state index contributed by atoms with van der Waals surface area (Å²) < 4.78 is 25.5. The third kappa shape index (κ3) is 9.13. The number of nitrogens with zero attached hydrogens (tertiary/aromatic N) is 3. The molecule has 11 nitrogen and oxygen atoms in total. The Kier molecular flexibility index (Phi) is 11.7. The Morgan fingerprint density at radius 2 is 1.78 bits per heavy atom. The van der Waals surface area contributed by atoms with Crippen LogP contribution in [0.4, 0.5) is 4.39 Å². The van der Waals surface area contributed by atoms with Gasteiger partial charge in [-0.15, -0.1) is 0 Å². The van der Waals surface area contributed by atoms with Crippen LogP contribution in [0.2, 0.25) is 0 Å². The molecule has 3 aromatic rings. The summed E-state index contributed by atoms with van der Waals surface area (Å²) in [5, 5.41) is 6.18. The van der Waals surface area contributed by atoms with E-state index in [1.54, 1.807) is 60.2 Å². The number of fused-ring (bicyclic) bond motifs is 3. The third-order valence-electron chi connectivity index (χ3n) is 7.63. The second kappa shape index (κ2) is 15.8. The van der Waals surface area contributed by atoms with Crippen LogP contribution in [0.1, 0.15) is 48.7 Å². The number of pyridine rings is 1. The third-order valence-corrected chi connectivity index (χ3v) is 7.63. The lowest BCUT2D eigenvalue weighted by Gasteiger charge is -2.25. The molecule has 12 heteroatoms. The average Bonchev–Trinajstić information content (AvgIpc) is 3.04. The van der Waals surface area contributed by atoms with Crippen LogP contribution in [0.15, 0.2) is 48.5 Å². The molecule has 0 spiro atoms. The minimum atomic E-state index is -0.770. The molecule has 0 fully saturated rings. The van der Waals surface area contributed by atoms with Gasteiger partial charge in [0.25, 0.3) is 11.8 Å². The second-order valence-corrected chi connectivity index (χ2v) is 11.0. The van der Waals surface area contributed by atoms with Crippen molar-refractivity contribution in [1.82, 2.24) is 25.4 Å². The zero-order valence-corrected chi connectivity index (χ0v) is 25.9. The summed E-state index contributed by atoms with van der Waals surface area (Å²) in [7, 11) is 3.16. The number of carbonyl (C=O) groups excluding carboxylic acids is 4. The second-order valence-electron chi connectivity index (χ2n) is 11.0. The summed E-state index contributed by atoms with van der Waals surface area (Å²) in [5.41, 5.74) is 1.09. The van der Waals surface area contributed by atoms with Crippen LogP contribution < -0.4 is 20.1 Å². The molecule has 1 aliphatic heterocycles. The van der Waals surface area contributed by atoms with Gasteiger partial charge in [0.05, 0.1) is 7.11 Å². The molecule has 2 aromatic carbocycles. The maximum Gasteiger partial charge on any atom is 0.272 e. The van der Waals surface area contributed by atoms with E-state index in [2.05, 4.69) is 15.6 Å². The van der Waals surface area contributed by atoms with E-state index in [0.717, 1.165) is 5.56 Å². The molecule has 1 aromatic heterocycles. The quantitative estimate of drug-likeness (QED) is 0.450. The number of nitrogens with one attached hydrogen (secondary N) is 2. The fourth-order valence-electron chi connectivity index (χ4n) is 5.12. The number of aromatic nitrogens is 1. The molecule has 45 heavy (non-hydrogen) atoms. The number of ether oxygens (including phenoxy) is 2. The lowest BCUT2D eigenvalue weighted by Crippen LogP contribution is -2.47. The first-order valence-corrected chi connectivity index (χ1v) is 15.1. The van der Waals surface area contributed by atoms with Gasteiger partial charge >= 0.3 is 0 Å². The number of methoxy groups -OCH3 is 1. The number of benzene rings is 2. The number of carbonyl (C=O) groups is 4. The predicted octanol–water partition coefficient (Wildman–Crippen LogP) is 3.10. The number of hydrogen-bond acceptors (Lipinski definition) is 7. The van der Waals surface area contributed by atoms with Gasteiger partial charge in [0, 0.05) is 45.0 Å². The molecule has 1 atom stereocenters. The molecule has 0 unspecified atom stereocenters. The molecule has 0 saturated heterocycles. The molecule has 2 N–H and O–H groups in total. The largest absolute Gasteiger partial charge is 0.493 e. The van der Waals surface area contributed by atoms with Crippen molar-refractivity contribution < 1.29 is 33.0 Å². The van der Waals surface area contributed by atoms with E-state index in [1.807, 2.05) is 6.07 Å². The first kappa shape index (κ1) is 33.2. The topological polar surface area (TPSA) is 130 Å². The van der Waals surface area contributed by atoms with Crippen LogP contribution in [0, 0.1) is 5.82 Å². The van der Waals surface area contributed by atoms with E-state index in [4.69, 9.17) is 9.47 Å². The number of hydrogen-bond donors (Lipinski definition) is 2. The summed E-state index contributed by atoms with van der Waals surface area (Å²) >= 11 is 0. The number of rotatable bonds is 2. The Morgan fingerprint density at radius 1 is 1.00 bits per heavy atom. The SMILES string of the molecule is COc1ccc2cc1OCC(=O)N[C@@H](C)C(=O)N(C)CCCCN(C(=O)c1ccc3cccc(F)c3n1)CCCNC(=O)CC2. The molecule has 0 saturated carbocycles. The van der Waals surface area contributed by atoms with Gasteiger partial charge in [0.2, 0.25) is 11.8 Å². The Labute approximate surface area is 262 Å². The minimum Gasteiger partial charge on any atom is -0.493 e. The summed E-state index contributed by atoms with van der Waals surface area (Å²) in [5.74, 6) is -0.889. The Bertz CT molecular complexity index is 1530. The summed E-state index contributed by atoms with van der Waals surface area (Å²) in [4.78, 5) is 59.1. The van der Waals surface area contributed by atoms with Gasteiger partial charge in [-0.3, -0.25) is 19.2 Å². The van der Waals surface area contributed by atoms with Gasteiger partial charge in [-0.25, -0.2) is 9.37 Å². The zero-order valence-electron chi connectivity index (χ0n) is 25.9. The van der Waals surface area contributed by atoms with E-state index in [9.17, 15) is 23.6 Å². The fourth-order valence-corrected chi connectivity index (χ4v) is 5.12. The molecule has 2 bridgehead atoms. The van der Waals surface area contributed by atoms with Gasteiger partial charge in [-0.2, -0.15) is 0 Å². The van der Waals surface area contributed by atoms with Gasteiger partial charge in [0.1, 0.15) is 23.1 Å². The highest BCUT2D eigenvalue weighted by molar-refractivity contribution is 5.95. The van der Waals surface area contributed by atoms with Crippen molar-refractivity contribution in [2.75, 3.05) is 46.9 Å². The van der Waals surface area contributed by atoms with E-state index in [0.29, 0.717) is 68.7 Å².